The number of phenols is 1. The molecule has 5 heteroatoms. The third-order valence-corrected chi connectivity index (χ3v) is 4.20. The molecule has 0 aliphatic carbocycles. The van der Waals surface area contributed by atoms with E-state index in [1.165, 1.54) is 0 Å². The number of para-hydroxylation sites is 1. The van der Waals surface area contributed by atoms with Crippen LogP contribution >= 0.6 is 0 Å². The fourth-order valence-electron chi connectivity index (χ4n) is 2.65. The molecular weight excluding hydrogens is 280 g/mol. The van der Waals surface area contributed by atoms with Crippen LogP contribution in [0.1, 0.15) is 25.8 Å². The summed E-state index contributed by atoms with van der Waals surface area (Å²) < 4.78 is 5.37. The van der Waals surface area contributed by atoms with E-state index < -0.39 is 0 Å². The van der Waals surface area contributed by atoms with Gasteiger partial charge in [0.2, 0.25) is 5.91 Å². The van der Waals surface area contributed by atoms with E-state index >= 15 is 0 Å². The van der Waals surface area contributed by atoms with E-state index in [0.29, 0.717) is 19.4 Å². The summed E-state index contributed by atoms with van der Waals surface area (Å²) in [5.74, 6) is 0.272. The fourth-order valence-corrected chi connectivity index (χ4v) is 2.65. The van der Waals surface area contributed by atoms with Crippen molar-refractivity contribution in [2.75, 3.05) is 32.8 Å². The van der Waals surface area contributed by atoms with Crippen LogP contribution in [0, 0.1) is 0 Å². The van der Waals surface area contributed by atoms with Gasteiger partial charge in [0, 0.05) is 31.6 Å². The van der Waals surface area contributed by atoms with Crippen LogP contribution < -0.4 is 5.32 Å². The van der Waals surface area contributed by atoms with Crippen molar-refractivity contribution in [2.45, 2.75) is 32.2 Å². The Hall–Kier alpha value is -1.59. The van der Waals surface area contributed by atoms with E-state index in [1.807, 2.05) is 12.1 Å². The zero-order valence-electron chi connectivity index (χ0n) is 13.5. The summed E-state index contributed by atoms with van der Waals surface area (Å²) in [6.07, 6.45) is 0.938. The van der Waals surface area contributed by atoms with Gasteiger partial charge < -0.3 is 15.2 Å². The van der Waals surface area contributed by atoms with Gasteiger partial charge in [-0.15, -0.1) is 0 Å². The Morgan fingerprint density at radius 2 is 2.00 bits per heavy atom. The first kappa shape index (κ1) is 16.8. The maximum Gasteiger partial charge on any atom is 0.220 e. The molecule has 0 radical (unpaired) electrons. The second-order valence-corrected chi connectivity index (χ2v) is 6.32. The van der Waals surface area contributed by atoms with Crippen molar-refractivity contribution >= 4 is 5.91 Å². The van der Waals surface area contributed by atoms with Gasteiger partial charge in [0.05, 0.1) is 13.2 Å². The molecule has 1 heterocycles. The highest BCUT2D eigenvalue weighted by atomic mass is 16.5. The fraction of sp³-hybridized carbons (Fsp3) is 0.588. The molecule has 22 heavy (non-hydrogen) atoms. The lowest BCUT2D eigenvalue weighted by atomic mass is 10.0. The van der Waals surface area contributed by atoms with Crippen molar-refractivity contribution in [3.63, 3.8) is 0 Å². The van der Waals surface area contributed by atoms with Crippen LogP contribution in [0.2, 0.25) is 0 Å². The Morgan fingerprint density at radius 3 is 2.68 bits per heavy atom. The number of ether oxygens (including phenoxy) is 1. The highest BCUT2D eigenvalue weighted by Gasteiger charge is 2.28. The van der Waals surface area contributed by atoms with E-state index in [9.17, 15) is 9.90 Å². The molecule has 1 saturated heterocycles. The molecule has 1 fully saturated rings. The molecule has 0 spiro atoms. The Morgan fingerprint density at radius 1 is 1.32 bits per heavy atom. The molecule has 1 aromatic rings. The zero-order chi connectivity index (χ0) is 16.0. The first-order chi connectivity index (χ1) is 10.5. The molecule has 122 valence electrons. The number of hydrogen-bond donors (Lipinski definition) is 2. The van der Waals surface area contributed by atoms with Crippen LogP contribution in [0.5, 0.6) is 5.75 Å². The molecule has 1 aliphatic heterocycles. The van der Waals surface area contributed by atoms with Gasteiger partial charge in [-0.3, -0.25) is 9.69 Å². The predicted molar refractivity (Wildman–Crippen MR) is 85.9 cm³/mol. The van der Waals surface area contributed by atoms with Gasteiger partial charge in [-0.25, -0.2) is 0 Å². The number of nitrogens with one attached hydrogen (secondary N) is 1. The molecule has 2 N–H and O–H groups in total. The van der Waals surface area contributed by atoms with Gasteiger partial charge >= 0.3 is 0 Å². The van der Waals surface area contributed by atoms with E-state index in [4.69, 9.17) is 4.74 Å². The number of aryl methyl sites for hydroxylation is 1. The molecule has 0 aromatic heterocycles. The summed E-state index contributed by atoms with van der Waals surface area (Å²) in [4.78, 5) is 14.4. The zero-order valence-corrected chi connectivity index (χ0v) is 13.5. The Kier molecular flexibility index (Phi) is 5.80. The van der Waals surface area contributed by atoms with Crippen molar-refractivity contribution in [3.8, 4) is 5.75 Å². The van der Waals surface area contributed by atoms with Crippen LogP contribution in [-0.4, -0.2) is 54.3 Å². The largest absolute Gasteiger partial charge is 0.508 e. The van der Waals surface area contributed by atoms with Gasteiger partial charge in [0.25, 0.3) is 0 Å². The molecule has 5 nitrogen and oxygen atoms in total. The SMILES string of the molecule is CC(C)(CNC(=O)CCc1ccccc1O)N1CCOCC1. The third kappa shape index (κ3) is 4.71. The number of amides is 1. The van der Waals surface area contributed by atoms with E-state index in [-0.39, 0.29) is 17.2 Å². The van der Waals surface area contributed by atoms with Crippen molar-refractivity contribution in [2.24, 2.45) is 0 Å². The van der Waals surface area contributed by atoms with Crippen molar-refractivity contribution in [1.82, 2.24) is 10.2 Å². The molecule has 1 aromatic carbocycles. The molecule has 1 aliphatic rings. The standard InChI is InChI=1S/C17H26N2O3/c1-17(2,19-9-11-22-12-10-19)13-18-16(21)8-7-14-5-3-4-6-15(14)20/h3-6,20H,7-13H2,1-2H3,(H,18,21). The van der Waals surface area contributed by atoms with Crippen LogP contribution in [0.3, 0.4) is 0 Å². The lowest BCUT2D eigenvalue weighted by Crippen LogP contribution is -2.55. The van der Waals surface area contributed by atoms with Crippen molar-refractivity contribution in [3.05, 3.63) is 29.8 Å². The quantitative estimate of drug-likeness (QED) is 0.837. The number of morpholine rings is 1. The average molecular weight is 306 g/mol. The van der Waals surface area contributed by atoms with Crippen LogP contribution in [-0.2, 0) is 16.0 Å². The summed E-state index contributed by atoms with van der Waals surface area (Å²) in [6, 6.07) is 7.15. The molecule has 0 saturated carbocycles. The molecule has 2 rings (SSSR count). The maximum atomic E-state index is 12.0. The lowest BCUT2D eigenvalue weighted by Gasteiger charge is -2.40. The Balaban J connectivity index is 1.76. The number of carbonyl (C=O) groups excluding carboxylic acids is 1. The second-order valence-electron chi connectivity index (χ2n) is 6.32. The first-order valence-electron chi connectivity index (χ1n) is 7.85. The highest BCUT2D eigenvalue weighted by Crippen LogP contribution is 2.18. The van der Waals surface area contributed by atoms with E-state index in [0.717, 1.165) is 31.9 Å². The molecule has 0 bridgehead atoms. The molecule has 0 atom stereocenters. The first-order valence-corrected chi connectivity index (χ1v) is 7.85. The van der Waals surface area contributed by atoms with Gasteiger partial charge in [-0.1, -0.05) is 18.2 Å². The minimum atomic E-state index is -0.0751. The number of benzene rings is 1. The number of nitrogens with zero attached hydrogens (tertiary/aromatic N) is 1. The monoisotopic (exact) mass is 306 g/mol. The summed E-state index contributed by atoms with van der Waals surface area (Å²) in [7, 11) is 0. The van der Waals surface area contributed by atoms with Crippen molar-refractivity contribution in [1.29, 1.82) is 0 Å². The van der Waals surface area contributed by atoms with Crippen molar-refractivity contribution < 1.29 is 14.6 Å². The van der Waals surface area contributed by atoms with Gasteiger partial charge in [0.1, 0.15) is 5.75 Å². The minimum Gasteiger partial charge on any atom is -0.508 e. The normalized spacial score (nSPS) is 16.5. The smallest absolute Gasteiger partial charge is 0.220 e. The molecule has 0 unspecified atom stereocenters. The van der Waals surface area contributed by atoms with Crippen LogP contribution in [0.15, 0.2) is 24.3 Å². The lowest BCUT2D eigenvalue weighted by molar-refractivity contribution is -0.121. The molecule has 1 amide bonds. The number of aromatic hydroxyl groups is 1. The van der Waals surface area contributed by atoms with Crippen LogP contribution in [0.4, 0.5) is 0 Å². The number of phenolic OH excluding ortho intramolecular Hbond substituents is 1. The predicted octanol–water partition coefficient (Wildman–Crippen LogP) is 1.55. The van der Waals surface area contributed by atoms with Gasteiger partial charge in [0.15, 0.2) is 0 Å². The third-order valence-electron chi connectivity index (χ3n) is 4.20. The van der Waals surface area contributed by atoms with Gasteiger partial charge in [-0.05, 0) is 31.9 Å². The Bertz CT molecular complexity index is 496. The number of hydrogen-bond acceptors (Lipinski definition) is 4. The van der Waals surface area contributed by atoms with E-state index in [1.54, 1.807) is 12.1 Å². The number of carbonyl (C=O) groups is 1. The minimum absolute atomic E-state index is 0.0181. The Labute approximate surface area is 132 Å². The van der Waals surface area contributed by atoms with Crippen LogP contribution in [0.25, 0.3) is 0 Å². The maximum absolute atomic E-state index is 12.0. The highest BCUT2D eigenvalue weighted by molar-refractivity contribution is 5.76. The van der Waals surface area contributed by atoms with E-state index in [2.05, 4.69) is 24.1 Å². The number of rotatable bonds is 6. The van der Waals surface area contributed by atoms with Gasteiger partial charge in [-0.2, -0.15) is 0 Å². The molecular formula is C17H26N2O3. The summed E-state index contributed by atoms with van der Waals surface area (Å²) >= 11 is 0. The summed E-state index contributed by atoms with van der Waals surface area (Å²) in [6.45, 7) is 8.21. The average Bonchev–Trinajstić information content (AvgIpc) is 2.53. The second kappa shape index (κ2) is 7.61. The summed E-state index contributed by atoms with van der Waals surface area (Å²) in [5, 5.41) is 12.7. The topological polar surface area (TPSA) is 61.8 Å². The summed E-state index contributed by atoms with van der Waals surface area (Å²) in [5.41, 5.74) is 0.735.